The molecule has 0 amide bonds. The molecule has 2 atom stereocenters. The molecule has 1 fully saturated rings. The summed E-state index contributed by atoms with van der Waals surface area (Å²) >= 11 is 5.69. The molecule has 1 aromatic rings. The fraction of sp³-hybridized carbons (Fsp3) is 0.500. The number of benzene rings is 1. The summed E-state index contributed by atoms with van der Waals surface area (Å²) in [5.41, 5.74) is 2.52. The molecule has 15 heavy (non-hydrogen) atoms. The Hall–Kier alpha value is -0.150. The molecule has 1 heterocycles. The number of rotatable bonds is 2. The van der Waals surface area contributed by atoms with E-state index in [2.05, 4.69) is 65.1 Å². The van der Waals surface area contributed by atoms with Crippen LogP contribution in [0.1, 0.15) is 18.9 Å². The molecule has 0 spiro atoms. The quantitative estimate of drug-likeness (QED) is 0.879. The maximum absolute atomic E-state index is 3.63. The van der Waals surface area contributed by atoms with Crippen LogP contribution >= 0.6 is 27.7 Å². The molecule has 2 rings (SSSR count). The van der Waals surface area contributed by atoms with E-state index < -0.39 is 0 Å². The van der Waals surface area contributed by atoms with Crippen LogP contribution in [0.25, 0.3) is 0 Å². The van der Waals surface area contributed by atoms with Crippen LogP contribution in [-0.4, -0.2) is 17.0 Å². The second-order valence-electron chi connectivity index (χ2n) is 4.16. The van der Waals surface area contributed by atoms with Gasteiger partial charge in [0.2, 0.25) is 0 Å². The van der Waals surface area contributed by atoms with E-state index in [1.165, 1.54) is 27.9 Å². The number of hydrogen-bond donors (Lipinski definition) is 1. The Labute approximate surface area is 104 Å². The Morgan fingerprint density at radius 3 is 2.93 bits per heavy atom. The molecule has 0 bridgehead atoms. The minimum absolute atomic E-state index is 0.628. The number of aryl methyl sites for hydroxylation is 1. The molecule has 1 aliphatic heterocycles. The zero-order valence-corrected chi connectivity index (χ0v) is 11.5. The number of nitrogens with one attached hydrogen (secondary N) is 1. The number of hydrogen-bond acceptors (Lipinski definition) is 2. The van der Waals surface area contributed by atoms with Crippen molar-refractivity contribution < 1.29 is 0 Å². The predicted octanol–water partition coefficient (Wildman–Crippen LogP) is 4.06. The minimum Gasteiger partial charge on any atom is -0.381 e. The minimum atomic E-state index is 0.628. The average molecular weight is 286 g/mol. The van der Waals surface area contributed by atoms with E-state index >= 15 is 0 Å². The smallest absolute Gasteiger partial charge is 0.0489 e. The Kier molecular flexibility index (Phi) is 3.62. The molecule has 0 radical (unpaired) electrons. The second kappa shape index (κ2) is 4.79. The van der Waals surface area contributed by atoms with Gasteiger partial charge in [-0.15, -0.1) is 0 Å². The van der Waals surface area contributed by atoms with Gasteiger partial charge in [0.15, 0.2) is 0 Å². The normalized spacial score (nSPS) is 25.5. The molecule has 0 saturated carbocycles. The van der Waals surface area contributed by atoms with Crippen molar-refractivity contribution in [2.75, 3.05) is 11.1 Å². The highest BCUT2D eigenvalue weighted by Gasteiger charge is 2.22. The van der Waals surface area contributed by atoms with Crippen molar-refractivity contribution in [1.82, 2.24) is 0 Å². The summed E-state index contributed by atoms with van der Waals surface area (Å²) in [7, 11) is 0. The summed E-state index contributed by atoms with van der Waals surface area (Å²) in [6.07, 6.45) is 1.27. The van der Waals surface area contributed by atoms with E-state index in [0.717, 1.165) is 5.25 Å². The SMILES string of the molecule is Cc1cccc(NC2CSC(C)C2)c1Br. The molecular formula is C12H16BrNS. The first kappa shape index (κ1) is 11.3. The molecule has 1 N–H and O–H groups in total. The van der Waals surface area contributed by atoms with Crippen molar-refractivity contribution >= 4 is 33.4 Å². The molecular weight excluding hydrogens is 270 g/mol. The van der Waals surface area contributed by atoms with Gasteiger partial charge in [0.25, 0.3) is 0 Å². The summed E-state index contributed by atoms with van der Waals surface area (Å²) < 4.78 is 1.20. The topological polar surface area (TPSA) is 12.0 Å². The van der Waals surface area contributed by atoms with E-state index in [-0.39, 0.29) is 0 Å². The Morgan fingerprint density at radius 2 is 2.27 bits per heavy atom. The van der Waals surface area contributed by atoms with E-state index in [1.54, 1.807) is 0 Å². The van der Waals surface area contributed by atoms with Gasteiger partial charge < -0.3 is 5.32 Å². The van der Waals surface area contributed by atoms with Crippen molar-refractivity contribution in [1.29, 1.82) is 0 Å². The third kappa shape index (κ3) is 2.70. The van der Waals surface area contributed by atoms with Gasteiger partial charge in [0, 0.05) is 27.2 Å². The number of halogens is 1. The third-order valence-corrected chi connectivity index (χ3v) is 5.16. The highest BCUT2D eigenvalue weighted by molar-refractivity contribution is 9.10. The van der Waals surface area contributed by atoms with Gasteiger partial charge in [-0.1, -0.05) is 19.1 Å². The van der Waals surface area contributed by atoms with Crippen molar-refractivity contribution in [2.45, 2.75) is 31.6 Å². The Bertz CT molecular complexity index is 353. The molecule has 2 unspecified atom stereocenters. The predicted molar refractivity (Wildman–Crippen MR) is 72.8 cm³/mol. The van der Waals surface area contributed by atoms with E-state index in [1.807, 2.05) is 0 Å². The molecule has 1 aliphatic rings. The van der Waals surface area contributed by atoms with Crippen LogP contribution in [0.2, 0.25) is 0 Å². The maximum atomic E-state index is 3.63. The van der Waals surface area contributed by atoms with Gasteiger partial charge in [0.05, 0.1) is 0 Å². The lowest BCUT2D eigenvalue weighted by Crippen LogP contribution is -2.19. The van der Waals surface area contributed by atoms with Gasteiger partial charge >= 0.3 is 0 Å². The Morgan fingerprint density at radius 1 is 1.47 bits per heavy atom. The zero-order valence-electron chi connectivity index (χ0n) is 9.09. The summed E-state index contributed by atoms with van der Waals surface area (Å²) in [6.45, 7) is 4.43. The number of thioether (sulfide) groups is 1. The molecule has 1 aromatic carbocycles. The van der Waals surface area contributed by atoms with Gasteiger partial charge in [-0.25, -0.2) is 0 Å². The van der Waals surface area contributed by atoms with Crippen LogP contribution in [0.3, 0.4) is 0 Å². The standard InChI is InChI=1S/C12H16BrNS/c1-8-4-3-5-11(12(8)13)14-10-6-9(2)15-7-10/h3-5,9-10,14H,6-7H2,1-2H3. The summed E-state index contributed by atoms with van der Waals surface area (Å²) in [5, 5.41) is 4.41. The third-order valence-electron chi connectivity index (χ3n) is 2.75. The second-order valence-corrected chi connectivity index (χ2v) is 6.42. The monoisotopic (exact) mass is 285 g/mol. The zero-order chi connectivity index (χ0) is 10.8. The van der Waals surface area contributed by atoms with Crippen molar-refractivity contribution in [3.8, 4) is 0 Å². The van der Waals surface area contributed by atoms with Gasteiger partial charge in [-0.2, -0.15) is 11.8 Å². The van der Waals surface area contributed by atoms with E-state index in [4.69, 9.17) is 0 Å². The summed E-state index contributed by atoms with van der Waals surface area (Å²) in [4.78, 5) is 0. The van der Waals surface area contributed by atoms with Crippen LogP contribution in [0.4, 0.5) is 5.69 Å². The van der Waals surface area contributed by atoms with Crippen LogP contribution < -0.4 is 5.32 Å². The number of anilines is 1. The highest BCUT2D eigenvalue weighted by atomic mass is 79.9. The molecule has 1 nitrogen and oxygen atoms in total. The molecule has 3 heteroatoms. The van der Waals surface area contributed by atoms with Gasteiger partial charge in [0.1, 0.15) is 0 Å². The first-order valence-electron chi connectivity index (χ1n) is 5.30. The fourth-order valence-electron chi connectivity index (χ4n) is 1.90. The van der Waals surface area contributed by atoms with Gasteiger partial charge in [-0.3, -0.25) is 0 Å². The molecule has 0 aromatic heterocycles. The van der Waals surface area contributed by atoms with E-state index in [9.17, 15) is 0 Å². The summed E-state index contributed by atoms with van der Waals surface area (Å²) in [5.74, 6) is 1.22. The molecule has 82 valence electrons. The fourth-order valence-corrected chi connectivity index (χ4v) is 3.42. The average Bonchev–Trinajstić information content (AvgIpc) is 2.59. The first-order chi connectivity index (χ1) is 7.16. The summed E-state index contributed by atoms with van der Waals surface area (Å²) in [6, 6.07) is 7.00. The van der Waals surface area contributed by atoms with Crippen LogP contribution in [0.15, 0.2) is 22.7 Å². The van der Waals surface area contributed by atoms with Crippen molar-refractivity contribution in [3.05, 3.63) is 28.2 Å². The lowest BCUT2D eigenvalue weighted by Gasteiger charge is -2.15. The van der Waals surface area contributed by atoms with Gasteiger partial charge in [-0.05, 0) is 40.9 Å². The lowest BCUT2D eigenvalue weighted by molar-refractivity contribution is 0.746. The first-order valence-corrected chi connectivity index (χ1v) is 7.14. The van der Waals surface area contributed by atoms with Crippen molar-refractivity contribution in [2.24, 2.45) is 0 Å². The lowest BCUT2D eigenvalue weighted by atomic mass is 10.1. The largest absolute Gasteiger partial charge is 0.381 e. The maximum Gasteiger partial charge on any atom is 0.0489 e. The Balaban J connectivity index is 2.07. The highest BCUT2D eigenvalue weighted by Crippen LogP contribution is 2.31. The van der Waals surface area contributed by atoms with E-state index in [0.29, 0.717) is 6.04 Å². The van der Waals surface area contributed by atoms with Crippen molar-refractivity contribution in [3.63, 3.8) is 0 Å². The van der Waals surface area contributed by atoms with Crippen LogP contribution in [0.5, 0.6) is 0 Å². The molecule has 1 saturated heterocycles. The molecule has 0 aliphatic carbocycles. The van der Waals surface area contributed by atoms with Crippen LogP contribution in [0, 0.1) is 6.92 Å². The van der Waals surface area contributed by atoms with Crippen LogP contribution in [-0.2, 0) is 0 Å².